The van der Waals surface area contributed by atoms with Crippen LogP contribution >= 0.6 is 0 Å². The highest BCUT2D eigenvalue weighted by molar-refractivity contribution is 6.08. The van der Waals surface area contributed by atoms with Gasteiger partial charge in [-0.15, -0.1) is 0 Å². The van der Waals surface area contributed by atoms with Gasteiger partial charge in [-0.25, -0.2) is 0 Å². The van der Waals surface area contributed by atoms with E-state index in [9.17, 15) is 57.5 Å². The number of benzene rings is 4. The summed E-state index contributed by atoms with van der Waals surface area (Å²) in [5, 5.41) is 9.73. The van der Waals surface area contributed by atoms with Gasteiger partial charge >= 0.3 is 0 Å². The summed E-state index contributed by atoms with van der Waals surface area (Å²) >= 11 is 0. The predicted molar refractivity (Wildman–Crippen MR) is 294 cm³/mol. The highest BCUT2D eigenvalue weighted by Gasteiger charge is 2.42. The fourth-order valence-electron chi connectivity index (χ4n) is 11.6. The normalized spacial score (nSPS) is 21.0. The number of H-pyrrole nitrogens is 1. The lowest BCUT2D eigenvalue weighted by Crippen LogP contribution is -2.52. The fourth-order valence-corrected chi connectivity index (χ4v) is 11.6. The molecule has 2 aromatic heterocycles. The minimum Gasteiger partial charge on any atom is -0.356 e. The lowest BCUT2D eigenvalue weighted by atomic mass is 9.88. The fraction of sp³-hybridized carbons (Fsp3) is 0.279. The molecule has 6 aromatic rings. The molecule has 21 nitrogen and oxygen atoms in total. The zero-order valence-electron chi connectivity index (χ0n) is 44.2. The molecule has 9 heterocycles. The second kappa shape index (κ2) is 22.7. The summed E-state index contributed by atoms with van der Waals surface area (Å²) in [6, 6.07) is 31.2. The highest BCUT2D eigenvalue weighted by Crippen LogP contribution is 2.35. The number of carbonyl (C=O) groups excluding carboxylic acids is 10. The Labute approximate surface area is 468 Å². The molecular weight excluding hydrogens is 1050 g/mol. The van der Waals surface area contributed by atoms with Crippen LogP contribution in [0.2, 0.25) is 0 Å². The molecule has 0 radical (unpaired) electrons. The number of nitrogens with one attached hydrogen (secondary N) is 5. The molecule has 4 aromatic carbocycles. The molecule has 0 bridgehead atoms. The molecule has 4 atom stereocenters. The number of hydrogen-bond acceptors (Lipinski definition) is 12. The molecule has 7 aliphatic heterocycles. The summed E-state index contributed by atoms with van der Waals surface area (Å²) < 4.78 is 1.65. The molecular formula is C61H55N9O12. The Morgan fingerprint density at radius 3 is 1.40 bits per heavy atom. The largest absolute Gasteiger partial charge is 0.356 e. The van der Waals surface area contributed by atoms with Crippen molar-refractivity contribution in [1.82, 2.24) is 45.5 Å². The van der Waals surface area contributed by atoms with Gasteiger partial charge in [0.1, 0.15) is 18.1 Å². The molecule has 82 heavy (non-hydrogen) atoms. The molecule has 4 fully saturated rings. The first kappa shape index (κ1) is 54.1. The molecule has 416 valence electrons. The van der Waals surface area contributed by atoms with Gasteiger partial charge in [-0.2, -0.15) is 0 Å². The lowest BCUT2D eigenvalue weighted by Gasteiger charge is -2.29. The summed E-state index contributed by atoms with van der Waals surface area (Å²) in [4.78, 5) is 151. The molecule has 7 aliphatic rings. The van der Waals surface area contributed by atoms with E-state index in [0.717, 1.165) is 56.5 Å². The summed E-state index contributed by atoms with van der Waals surface area (Å²) in [5.74, 6) is -2.51. The third-order valence-electron chi connectivity index (χ3n) is 15.9. The Balaban J connectivity index is 0.000000131. The van der Waals surface area contributed by atoms with E-state index in [-0.39, 0.29) is 77.6 Å². The van der Waals surface area contributed by atoms with Crippen LogP contribution in [0.1, 0.15) is 116 Å². The summed E-state index contributed by atoms with van der Waals surface area (Å²) in [6.45, 7) is 2.16. The van der Waals surface area contributed by atoms with Crippen molar-refractivity contribution in [2.75, 3.05) is 6.54 Å². The third kappa shape index (κ3) is 11.2. The topological polar surface area (TPSA) is 283 Å². The van der Waals surface area contributed by atoms with Gasteiger partial charge in [-0.3, -0.25) is 73.5 Å². The maximum absolute atomic E-state index is 12.9. The minimum absolute atomic E-state index is 0.0537. The Hall–Kier alpha value is -9.92. The van der Waals surface area contributed by atoms with E-state index in [0.29, 0.717) is 75.1 Å². The molecule has 13 rings (SSSR count). The van der Waals surface area contributed by atoms with E-state index in [4.69, 9.17) is 0 Å². The quantitative estimate of drug-likeness (QED) is 0.137. The van der Waals surface area contributed by atoms with E-state index >= 15 is 0 Å². The average Bonchev–Trinajstić information content (AvgIpc) is 4.28. The molecule has 0 saturated carbocycles. The average molecular weight is 1110 g/mol. The molecule has 10 amide bonds. The van der Waals surface area contributed by atoms with E-state index < -0.39 is 35.8 Å². The molecule has 5 N–H and O–H groups in total. The molecule has 21 heteroatoms. The van der Waals surface area contributed by atoms with E-state index in [1.165, 1.54) is 15.9 Å². The molecule has 4 unspecified atom stereocenters. The van der Waals surface area contributed by atoms with Gasteiger partial charge in [-0.05, 0) is 124 Å². The van der Waals surface area contributed by atoms with E-state index in [1.54, 1.807) is 58.3 Å². The number of amides is 10. The predicted octanol–water partition coefficient (Wildman–Crippen LogP) is 3.57. The molecule has 0 spiro atoms. The van der Waals surface area contributed by atoms with Crippen LogP contribution in [-0.2, 0) is 59.7 Å². The van der Waals surface area contributed by atoms with E-state index in [1.807, 2.05) is 66.7 Å². The first-order valence-electron chi connectivity index (χ1n) is 27.1. The Bertz CT molecular complexity index is 3810. The summed E-state index contributed by atoms with van der Waals surface area (Å²) in [5.41, 5.74) is 9.24. The molecule has 4 saturated heterocycles. The third-order valence-corrected chi connectivity index (χ3v) is 15.9. The smallest absolute Gasteiger partial charge is 0.255 e. The van der Waals surface area contributed by atoms with Gasteiger partial charge in [0.15, 0.2) is 0 Å². The number of hydrogen-bond donors (Lipinski definition) is 5. The van der Waals surface area contributed by atoms with Crippen LogP contribution in [0.3, 0.4) is 0 Å². The summed E-state index contributed by atoms with van der Waals surface area (Å²) in [7, 11) is 0. The SMILES string of the molecule is O=C1CC(c2ccc3c(c2)CN(C2CCC(=O)NC2=O)C3=O)CCN1.O=C1CCC(N2Cc3cc(-c4cc[nH]c(=O)c4)ccc3C2=O)C(=O)N1.O=C1CCC(N2Cc3cc(-c4ccn(Cc5ccccc5)c(=O)c4)ccc3C2=O)C(=O)N1. The minimum atomic E-state index is -0.641. The Morgan fingerprint density at radius 1 is 0.451 bits per heavy atom. The standard InChI is InChI=1S/C25H21N3O4.C18H19N3O4.C18H15N3O4/c29-22-9-8-21(24(31)26-22)28-15-19-12-17(6-7-20(19)25(28)32)18-10-11-27(23(30)13-18)14-16-4-2-1-3-5-16;2*22-15-4-3-14(17(24)20-15)21-9-12-7-10(1-2-13(12)18(21)25)11-5-6-19-16(23)8-11/h1-7,10-13,21H,8-9,14-15H2,(H,26,29,31);1-2,7,11,14H,3-6,8-9H2,(H,19,23)(H,20,22,24);1-2,5-8,14H,3-4,9H2,(H,19,23)(H,20,22,24). The van der Waals surface area contributed by atoms with Crippen molar-refractivity contribution in [3.05, 3.63) is 187 Å². The van der Waals surface area contributed by atoms with Gasteiger partial charge < -0.3 is 29.6 Å². The number of fused-ring (bicyclic) bond motifs is 3. The Morgan fingerprint density at radius 2 is 0.927 bits per heavy atom. The summed E-state index contributed by atoms with van der Waals surface area (Å²) in [6.07, 6.45) is 6.43. The number of pyridine rings is 2. The van der Waals surface area contributed by atoms with Crippen molar-refractivity contribution in [3.63, 3.8) is 0 Å². The van der Waals surface area contributed by atoms with Gasteiger partial charge in [0.25, 0.3) is 23.3 Å². The van der Waals surface area contributed by atoms with Crippen LogP contribution in [0.4, 0.5) is 0 Å². The monoisotopic (exact) mass is 1110 g/mol. The maximum Gasteiger partial charge on any atom is 0.255 e. The van der Waals surface area contributed by atoms with E-state index in [2.05, 4.69) is 26.3 Å². The number of rotatable bonds is 8. The number of nitrogens with zero attached hydrogens (tertiary/aromatic N) is 4. The van der Waals surface area contributed by atoms with Crippen LogP contribution in [0.5, 0.6) is 0 Å². The maximum atomic E-state index is 12.9. The highest BCUT2D eigenvalue weighted by atomic mass is 16.2. The van der Waals surface area contributed by atoms with Crippen LogP contribution in [0.15, 0.2) is 131 Å². The Kier molecular flexibility index (Phi) is 14.9. The number of aromatic nitrogens is 2. The van der Waals surface area contributed by atoms with Crippen molar-refractivity contribution in [2.24, 2.45) is 0 Å². The van der Waals surface area contributed by atoms with Crippen molar-refractivity contribution in [2.45, 2.75) is 102 Å². The first-order chi connectivity index (χ1) is 39.5. The van der Waals surface area contributed by atoms with Crippen LogP contribution < -0.4 is 32.4 Å². The number of carbonyl (C=O) groups is 10. The van der Waals surface area contributed by atoms with Gasteiger partial charge in [0.05, 0.1) is 6.54 Å². The van der Waals surface area contributed by atoms with Crippen molar-refractivity contribution >= 4 is 59.1 Å². The number of imide groups is 3. The van der Waals surface area contributed by atoms with Crippen molar-refractivity contribution in [1.29, 1.82) is 0 Å². The van der Waals surface area contributed by atoms with Gasteiger partial charge in [0.2, 0.25) is 46.9 Å². The van der Waals surface area contributed by atoms with Crippen LogP contribution in [0.25, 0.3) is 22.3 Å². The number of piperidine rings is 4. The van der Waals surface area contributed by atoms with Crippen LogP contribution in [-0.4, -0.2) is 108 Å². The molecule has 0 aliphatic carbocycles. The first-order valence-corrected chi connectivity index (χ1v) is 27.1. The second-order valence-electron chi connectivity index (χ2n) is 21.2. The number of aromatic amines is 1. The second-order valence-corrected chi connectivity index (χ2v) is 21.2. The van der Waals surface area contributed by atoms with Crippen LogP contribution in [0, 0.1) is 0 Å². The van der Waals surface area contributed by atoms with Crippen molar-refractivity contribution < 1.29 is 47.9 Å². The zero-order valence-corrected chi connectivity index (χ0v) is 44.2. The van der Waals surface area contributed by atoms with Crippen molar-refractivity contribution in [3.8, 4) is 22.3 Å². The van der Waals surface area contributed by atoms with Gasteiger partial charge in [-0.1, -0.05) is 54.6 Å². The zero-order chi connectivity index (χ0) is 57.3. The van der Waals surface area contributed by atoms with Gasteiger partial charge in [0, 0.05) is 93.1 Å². The lowest BCUT2D eigenvalue weighted by molar-refractivity contribution is -0.138.